The van der Waals surface area contributed by atoms with E-state index in [0.717, 1.165) is 74.7 Å². The average molecular weight is 476 g/mol. The van der Waals surface area contributed by atoms with Crippen molar-refractivity contribution < 1.29 is 14.1 Å². The summed E-state index contributed by atoms with van der Waals surface area (Å²) in [6.07, 6.45) is 1.73. The number of piperazine rings is 1. The van der Waals surface area contributed by atoms with Gasteiger partial charge in [-0.15, -0.1) is 0 Å². The first kappa shape index (κ1) is 23.4. The molecule has 2 fully saturated rings. The first-order valence-corrected chi connectivity index (χ1v) is 12.4. The van der Waals surface area contributed by atoms with Gasteiger partial charge >= 0.3 is 0 Å². The lowest BCUT2D eigenvalue weighted by Crippen LogP contribution is -2.51. The van der Waals surface area contributed by atoms with Crippen molar-refractivity contribution in [2.24, 2.45) is 5.92 Å². The van der Waals surface area contributed by atoms with Gasteiger partial charge in [0.2, 0.25) is 17.6 Å². The number of methoxy groups -OCH3 is 1. The number of piperidine rings is 1. The summed E-state index contributed by atoms with van der Waals surface area (Å²) in [4.78, 5) is 24.4. The van der Waals surface area contributed by atoms with Crippen LogP contribution in [0.1, 0.15) is 24.3 Å². The Labute approximate surface area is 206 Å². The highest BCUT2D eigenvalue weighted by Gasteiger charge is 2.31. The molecule has 0 atom stereocenters. The Morgan fingerprint density at radius 1 is 1.00 bits per heavy atom. The van der Waals surface area contributed by atoms with Gasteiger partial charge in [0.1, 0.15) is 5.75 Å². The van der Waals surface area contributed by atoms with Gasteiger partial charge in [-0.25, -0.2) is 0 Å². The topological polar surface area (TPSA) is 74.9 Å². The van der Waals surface area contributed by atoms with Gasteiger partial charge in [-0.05, 0) is 50.6 Å². The Hall–Kier alpha value is -3.39. The van der Waals surface area contributed by atoms with Crippen LogP contribution in [0.25, 0.3) is 11.4 Å². The van der Waals surface area contributed by atoms with E-state index >= 15 is 0 Å². The molecular weight excluding hydrogens is 442 g/mol. The Balaban J connectivity index is 1.10. The standard InChI is InChI=1S/C27H33N5O3/c1-20-7-3-4-8-22(20)26-28-25(35-29-26)19-30-13-11-21(12-14-30)27(33)32-17-15-31(16-18-32)23-9-5-6-10-24(23)34-2/h3-10,21H,11-19H2,1-2H3. The molecule has 0 spiro atoms. The number of rotatable bonds is 6. The number of nitrogens with zero attached hydrogens (tertiary/aromatic N) is 5. The highest BCUT2D eigenvalue weighted by atomic mass is 16.5. The quantitative estimate of drug-likeness (QED) is 0.539. The third kappa shape index (κ3) is 5.17. The van der Waals surface area contributed by atoms with Gasteiger partial charge in [0.25, 0.3) is 0 Å². The van der Waals surface area contributed by atoms with E-state index in [4.69, 9.17) is 9.26 Å². The van der Waals surface area contributed by atoms with Crippen molar-refractivity contribution in [3.8, 4) is 17.1 Å². The molecule has 1 aromatic heterocycles. The number of hydrogen-bond donors (Lipinski definition) is 0. The second-order valence-electron chi connectivity index (χ2n) is 9.36. The van der Waals surface area contributed by atoms with Crippen LogP contribution in [0, 0.1) is 12.8 Å². The molecule has 0 aliphatic carbocycles. The van der Waals surface area contributed by atoms with Crippen LogP contribution < -0.4 is 9.64 Å². The summed E-state index contributed by atoms with van der Waals surface area (Å²) in [7, 11) is 1.70. The van der Waals surface area contributed by atoms with E-state index < -0.39 is 0 Å². The van der Waals surface area contributed by atoms with E-state index in [1.54, 1.807) is 7.11 Å². The highest BCUT2D eigenvalue weighted by Crippen LogP contribution is 2.29. The number of ether oxygens (including phenoxy) is 1. The smallest absolute Gasteiger partial charge is 0.241 e. The van der Waals surface area contributed by atoms with Gasteiger partial charge < -0.3 is 19.1 Å². The third-order valence-corrected chi connectivity index (χ3v) is 7.17. The molecule has 0 saturated carbocycles. The van der Waals surface area contributed by atoms with Crippen LogP contribution in [0.15, 0.2) is 53.1 Å². The molecule has 5 rings (SSSR count). The van der Waals surface area contributed by atoms with Gasteiger partial charge in [-0.1, -0.05) is 41.6 Å². The molecule has 2 saturated heterocycles. The second kappa shape index (κ2) is 10.5. The summed E-state index contributed by atoms with van der Waals surface area (Å²) in [6.45, 7) is 7.54. The van der Waals surface area contributed by atoms with Crippen molar-refractivity contribution in [3.05, 3.63) is 60.0 Å². The van der Waals surface area contributed by atoms with E-state index in [2.05, 4.69) is 26.0 Å². The number of anilines is 1. The predicted octanol–water partition coefficient (Wildman–Crippen LogP) is 3.61. The molecule has 35 heavy (non-hydrogen) atoms. The first-order chi connectivity index (χ1) is 17.1. The summed E-state index contributed by atoms with van der Waals surface area (Å²) < 4.78 is 11.0. The molecule has 0 bridgehead atoms. The van der Waals surface area contributed by atoms with Gasteiger partial charge in [-0.2, -0.15) is 4.98 Å². The number of amides is 1. The molecular formula is C27H33N5O3. The maximum Gasteiger partial charge on any atom is 0.241 e. The fourth-order valence-electron chi connectivity index (χ4n) is 5.10. The summed E-state index contributed by atoms with van der Waals surface area (Å²) in [6, 6.07) is 16.1. The number of para-hydroxylation sites is 2. The monoisotopic (exact) mass is 475 g/mol. The average Bonchev–Trinajstić information content (AvgIpc) is 3.37. The Kier molecular flexibility index (Phi) is 6.99. The van der Waals surface area contributed by atoms with E-state index in [1.165, 1.54) is 0 Å². The summed E-state index contributed by atoms with van der Waals surface area (Å²) in [5, 5.41) is 4.17. The Morgan fingerprint density at radius 3 is 2.46 bits per heavy atom. The van der Waals surface area contributed by atoms with Crippen molar-refractivity contribution in [3.63, 3.8) is 0 Å². The van der Waals surface area contributed by atoms with Crippen LogP contribution in [-0.4, -0.2) is 72.2 Å². The minimum Gasteiger partial charge on any atom is -0.495 e. The third-order valence-electron chi connectivity index (χ3n) is 7.17. The molecule has 2 aliphatic rings. The molecule has 184 valence electrons. The minimum absolute atomic E-state index is 0.0919. The molecule has 8 heteroatoms. The van der Waals surface area contributed by atoms with Crippen LogP contribution in [-0.2, 0) is 11.3 Å². The van der Waals surface area contributed by atoms with Gasteiger partial charge in [0.05, 0.1) is 19.3 Å². The summed E-state index contributed by atoms with van der Waals surface area (Å²) >= 11 is 0. The number of carbonyl (C=O) groups excluding carboxylic acids is 1. The van der Waals surface area contributed by atoms with Gasteiger partial charge in [0, 0.05) is 37.7 Å². The molecule has 0 radical (unpaired) electrons. The summed E-state index contributed by atoms with van der Waals surface area (Å²) in [5.74, 6) is 2.53. The molecule has 0 N–H and O–H groups in total. The van der Waals surface area contributed by atoms with Crippen LogP contribution in [0.4, 0.5) is 5.69 Å². The number of hydrogen-bond acceptors (Lipinski definition) is 7. The van der Waals surface area contributed by atoms with Crippen molar-refractivity contribution in [1.29, 1.82) is 0 Å². The first-order valence-electron chi connectivity index (χ1n) is 12.4. The zero-order valence-electron chi connectivity index (χ0n) is 20.5. The maximum atomic E-state index is 13.2. The van der Waals surface area contributed by atoms with E-state index in [1.807, 2.05) is 54.3 Å². The minimum atomic E-state index is 0.0919. The zero-order valence-corrected chi connectivity index (χ0v) is 20.5. The molecule has 2 aliphatic heterocycles. The Morgan fingerprint density at radius 2 is 1.71 bits per heavy atom. The van der Waals surface area contributed by atoms with Gasteiger partial charge in [-0.3, -0.25) is 9.69 Å². The summed E-state index contributed by atoms with van der Waals surface area (Å²) in [5.41, 5.74) is 3.22. The van der Waals surface area contributed by atoms with E-state index in [-0.39, 0.29) is 5.92 Å². The molecule has 3 aromatic rings. The van der Waals surface area contributed by atoms with Crippen molar-refractivity contribution in [2.45, 2.75) is 26.3 Å². The lowest BCUT2D eigenvalue weighted by molar-refractivity contribution is -0.137. The SMILES string of the molecule is COc1ccccc1N1CCN(C(=O)C2CCN(Cc3nc(-c4ccccc4C)no3)CC2)CC1. The molecule has 3 heterocycles. The van der Waals surface area contributed by atoms with Crippen LogP contribution in [0.3, 0.4) is 0 Å². The fraction of sp³-hybridized carbons (Fsp3) is 0.444. The lowest BCUT2D eigenvalue weighted by Gasteiger charge is -2.39. The number of carbonyl (C=O) groups is 1. The van der Waals surface area contributed by atoms with E-state index in [9.17, 15) is 4.79 Å². The van der Waals surface area contributed by atoms with Gasteiger partial charge in [0.15, 0.2) is 0 Å². The van der Waals surface area contributed by atoms with Crippen molar-refractivity contribution in [1.82, 2.24) is 19.9 Å². The molecule has 8 nitrogen and oxygen atoms in total. The van der Waals surface area contributed by atoms with Crippen molar-refractivity contribution in [2.75, 3.05) is 51.3 Å². The number of likely N-dealkylation sites (tertiary alicyclic amines) is 1. The zero-order chi connectivity index (χ0) is 24.2. The fourth-order valence-corrected chi connectivity index (χ4v) is 5.10. The number of benzene rings is 2. The highest BCUT2D eigenvalue weighted by molar-refractivity contribution is 5.79. The largest absolute Gasteiger partial charge is 0.495 e. The predicted molar refractivity (Wildman–Crippen MR) is 134 cm³/mol. The number of aryl methyl sites for hydroxylation is 1. The molecule has 2 aromatic carbocycles. The van der Waals surface area contributed by atoms with Crippen LogP contribution in [0.2, 0.25) is 0 Å². The number of aromatic nitrogens is 2. The van der Waals surface area contributed by atoms with E-state index in [0.29, 0.717) is 24.2 Å². The maximum absolute atomic E-state index is 13.2. The Bertz CT molecular complexity index is 1150. The second-order valence-corrected chi connectivity index (χ2v) is 9.36. The molecule has 0 unspecified atom stereocenters. The van der Waals surface area contributed by atoms with Crippen molar-refractivity contribution >= 4 is 11.6 Å². The van der Waals surface area contributed by atoms with Crippen LogP contribution in [0.5, 0.6) is 5.75 Å². The van der Waals surface area contributed by atoms with Crippen LogP contribution >= 0.6 is 0 Å². The normalized spacial score (nSPS) is 17.5. The lowest BCUT2D eigenvalue weighted by atomic mass is 9.95. The molecule has 1 amide bonds.